The van der Waals surface area contributed by atoms with Crippen LogP contribution in [-0.4, -0.2) is 22.8 Å². The Labute approximate surface area is 133 Å². The van der Waals surface area contributed by atoms with Gasteiger partial charge in [0.05, 0.1) is 31.1 Å². The summed E-state index contributed by atoms with van der Waals surface area (Å²) in [6.07, 6.45) is 2.20. The van der Waals surface area contributed by atoms with Gasteiger partial charge in [0.1, 0.15) is 5.75 Å². The van der Waals surface area contributed by atoms with Gasteiger partial charge in [0.15, 0.2) is 0 Å². The Kier molecular flexibility index (Phi) is 3.12. The van der Waals surface area contributed by atoms with Crippen molar-refractivity contribution >= 4 is 11.6 Å². The first-order valence-electron chi connectivity index (χ1n) is 7.36. The highest BCUT2D eigenvalue weighted by Crippen LogP contribution is 2.30. The Morgan fingerprint density at radius 2 is 1.96 bits per heavy atom. The van der Waals surface area contributed by atoms with Gasteiger partial charge in [0, 0.05) is 11.3 Å². The van der Waals surface area contributed by atoms with Crippen LogP contribution in [0, 0.1) is 0 Å². The minimum absolute atomic E-state index is 0.0424. The first-order valence-corrected chi connectivity index (χ1v) is 7.36. The van der Waals surface area contributed by atoms with Gasteiger partial charge in [-0.25, -0.2) is 4.68 Å². The molecule has 1 N–H and O–H groups in total. The van der Waals surface area contributed by atoms with Gasteiger partial charge in [-0.2, -0.15) is 5.10 Å². The van der Waals surface area contributed by atoms with E-state index >= 15 is 0 Å². The third kappa shape index (κ3) is 2.36. The zero-order valence-corrected chi connectivity index (χ0v) is 12.6. The maximum Gasteiger partial charge on any atom is 0.228 e. The van der Waals surface area contributed by atoms with Crippen LogP contribution in [0.3, 0.4) is 0 Å². The normalized spacial score (nSPS) is 12.8. The van der Waals surface area contributed by atoms with Crippen LogP contribution in [0.2, 0.25) is 0 Å². The number of nitrogens with one attached hydrogen (secondary N) is 1. The average Bonchev–Trinajstić information content (AvgIpc) is 3.19. The Hall–Kier alpha value is -3.08. The van der Waals surface area contributed by atoms with Crippen molar-refractivity contribution in [2.75, 3.05) is 12.4 Å². The monoisotopic (exact) mass is 305 g/mol. The Morgan fingerprint density at radius 3 is 2.74 bits per heavy atom. The second-order valence-electron chi connectivity index (χ2n) is 5.42. The van der Waals surface area contributed by atoms with Gasteiger partial charge in [-0.3, -0.25) is 4.79 Å². The van der Waals surface area contributed by atoms with Crippen molar-refractivity contribution in [3.63, 3.8) is 0 Å². The zero-order valence-electron chi connectivity index (χ0n) is 12.6. The lowest BCUT2D eigenvalue weighted by atomic mass is 10.1. The number of benzene rings is 2. The molecule has 1 aliphatic heterocycles. The van der Waals surface area contributed by atoms with Gasteiger partial charge in [0.25, 0.3) is 0 Å². The summed E-state index contributed by atoms with van der Waals surface area (Å²) in [5.41, 5.74) is 4.90. The molecule has 1 aromatic heterocycles. The Balaban J connectivity index is 1.75. The predicted molar refractivity (Wildman–Crippen MR) is 87.9 cm³/mol. The van der Waals surface area contributed by atoms with Gasteiger partial charge < -0.3 is 10.1 Å². The molecule has 0 aliphatic carbocycles. The first kappa shape index (κ1) is 13.6. The van der Waals surface area contributed by atoms with Gasteiger partial charge in [-0.15, -0.1) is 0 Å². The quantitative estimate of drug-likeness (QED) is 0.809. The van der Waals surface area contributed by atoms with E-state index in [0.717, 1.165) is 33.9 Å². The fourth-order valence-electron chi connectivity index (χ4n) is 2.84. The standard InChI is InChI=1S/C18H15N3O2/c1-23-15-5-3-14(4-6-15)21-17(8-9-19-21)12-2-7-16-13(10-12)11-18(22)20-16/h2-10H,11H2,1H3,(H,20,22). The molecule has 0 fully saturated rings. The van der Waals surface area contributed by atoms with E-state index in [4.69, 9.17) is 4.74 Å². The lowest BCUT2D eigenvalue weighted by molar-refractivity contribution is -0.115. The second-order valence-corrected chi connectivity index (χ2v) is 5.42. The zero-order chi connectivity index (χ0) is 15.8. The summed E-state index contributed by atoms with van der Waals surface area (Å²) in [6.45, 7) is 0. The van der Waals surface area contributed by atoms with E-state index in [0.29, 0.717) is 6.42 Å². The molecular formula is C18H15N3O2. The van der Waals surface area contributed by atoms with Gasteiger partial charge in [-0.1, -0.05) is 6.07 Å². The molecule has 1 amide bonds. The van der Waals surface area contributed by atoms with Crippen molar-refractivity contribution in [2.24, 2.45) is 0 Å². The van der Waals surface area contributed by atoms with Gasteiger partial charge in [-0.05, 0) is 48.0 Å². The fourth-order valence-corrected chi connectivity index (χ4v) is 2.84. The van der Waals surface area contributed by atoms with Crippen molar-refractivity contribution in [2.45, 2.75) is 6.42 Å². The van der Waals surface area contributed by atoms with Crippen molar-refractivity contribution < 1.29 is 9.53 Å². The van der Waals surface area contributed by atoms with Crippen LogP contribution in [0.25, 0.3) is 16.9 Å². The second kappa shape index (κ2) is 5.28. The third-order valence-corrected chi connectivity index (χ3v) is 3.99. The largest absolute Gasteiger partial charge is 0.497 e. The molecule has 114 valence electrons. The molecule has 3 aromatic rings. The lowest BCUT2D eigenvalue weighted by Gasteiger charge is -2.09. The van der Waals surface area contributed by atoms with E-state index in [1.54, 1.807) is 13.3 Å². The SMILES string of the molecule is COc1ccc(-n2nccc2-c2ccc3c(c2)CC(=O)N3)cc1. The fraction of sp³-hybridized carbons (Fsp3) is 0.111. The molecule has 23 heavy (non-hydrogen) atoms. The number of fused-ring (bicyclic) bond motifs is 1. The summed E-state index contributed by atoms with van der Waals surface area (Å²) < 4.78 is 7.07. The summed E-state index contributed by atoms with van der Waals surface area (Å²) >= 11 is 0. The molecule has 1 aliphatic rings. The Morgan fingerprint density at radius 1 is 1.13 bits per heavy atom. The summed E-state index contributed by atoms with van der Waals surface area (Å²) in [7, 11) is 1.65. The van der Waals surface area contributed by atoms with Crippen LogP contribution >= 0.6 is 0 Å². The molecule has 0 spiro atoms. The van der Waals surface area contributed by atoms with Gasteiger partial charge >= 0.3 is 0 Å². The summed E-state index contributed by atoms with van der Waals surface area (Å²) in [5, 5.41) is 7.27. The molecule has 0 unspecified atom stereocenters. The highest BCUT2D eigenvalue weighted by atomic mass is 16.5. The molecule has 0 bridgehead atoms. The minimum Gasteiger partial charge on any atom is -0.497 e. The molecule has 2 heterocycles. The summed E-state index contributed by atoms with van der Waals surface area (Å²) in [4.78, 5) is 11.5. The van der Waals surface area contributed by atoms with Gasteiger partial charge in [0.2, 0.25) is 5.91 Å². The number of rotatable bonds is 3. The first-order chi connectivity index (χ1) is 11.2. The minimum atomic E-state index is 0.0424. The number of hydrogen-bond donors (Lipinski definition) is 1. The number of methoxy groups -OCH3 is 1. The average molecular weight is 305 g/mol. The van der Waals surface area contributed by atoms with Crippen molar-refractivity contribution in [3.8, 4) is 22.7 Å². The maximum atomic E-state index is 11.5. The van der Waals surface area contributed by atoms with Crippen LogP contribution in [0.4, 0.5) is 5.69 Å². The smallest absolute Gasteiger partial charge is 0.228 e. The third-order valence-electron chi connectivity index (χ3n) is 3.99. The van der Waals surface area contributed by atoms with E-state index in [1.807, 2.05) is 53.2 Å². The van der Waals surface area contributed by atoms with Crippen LogP contribution in [0.15, 0.2) is 54.7 Å². The summed E-state index contributed by atoms with van der Waals surface area (Å²) in [6, 6.07) is 15.7. The molecule has 5 heteroatoms. The van der Waals surface area contributed by atoms with Crippen LogP contribution in [0.5, 0.6) is 5.75 Å². The number of nitrogens with zero attached hydrogens (tertiary/aromatic N) is 2. The van der Waals surface area contributed by atoms with Crippen molar-refractivity contribution in [1.82, 2.24) is 9.78 Å². The molecule has 0 saturated carbocycles. The van der Waals surface area contributed by atoms with Crippen LogP contribution in [0.1, 0.15) is 5.56 Å². The predicted octanol–water partition coefficient (Wildman–Crippen LogP) is 3.04. The van der Waals surface area contributed by atoms with Crippen LogP contribution < -0.4 is 10.1 Å². The molecule has 2 aromatic carbocycles. The van der Waals surface area contributed by atoms with Crippen molar-refractivity contribution in [1.29, 1.82) is 0 Å². The Bertz CT molecular complexity index is 882. The molecule has 0 atom stereocenters. The highest BCUT2D eigenvalue weighted by molar-refractivity contribution is 5.99. The number of hydrogen-bond acceptors (Lipinski definition) is 3. The highest BCUT2D eigenvalue weighted by Gasteiger charge is 2.18. The number of amides is 1. The van der Waals surface area contributed by atoms with E-state index in [2.05, 4.69) is 10.4 Å². The molecular weight excluding hydrogens is 290 g/mol. The van der Waals surface area contributed by atoms with E-state index < -0.39 is 0 Å². The summed E-state index contributed by atoms with van der Waals surface area (Å²) in [5.74, 6) is 0.852. The number of ether oxygens (including phenoxy) is 1. The molecule has 0 radical (unpaired) electrons. The molecule has 4 rings (SSSR count). The molecule has 5 nitrogen and oxygen atoms in total. The molecule has 0 saturated heterocycles. The van der Waals surface area contributed by atoms with E-state index in [-0.39, 0.29) is 5.91 Å². The van der Waals surface area contributed by atoms with Crippen LogP contribution in [-0.2, 0) is 11.2 Å². The van der Waals surface area contributed by atoms with Crippen molar-refractivity contribution in [3.05, 3.63) is 60.3 Å². The number of aromatic nitrogens is 2. The number of carbonyl (C=O) groups excluding carboxylic acids is 1. The number of carbonyl (C=O) groups is 1. The topological polar surface area (TPSA) is 56.2 Å². The lowest BCUT2D eigenvalue weighted by Crippen LogP contribution is -2.03. The van der Waals surface area contributed by atoms with E-state index in [9.17, 15) is 4.79 Å². The van der Waals surface area contributed by atoms with E-state index in [1.165, 1.54) is 0 Å². The maximum absolute atomic E-state index is 11.5. The number of anilines is 1.